The average molecular weight is 489 g/mol. The molecule has 1 saturated heterocycles. The van der Waals surface area contributed by atoms with Crippen molar-refractivity contribution in [2.75, 3.05) is 40.3 Å². The number of hydrogen-bond donors (Lipinski definition) is 3. The third-order valence-electron chi connectivity index (χ3n) is 5.27. The first kappa shape index (κ1) is 26.5. The van der Waals surface area contributed by atoms with Crippen molar-refractivity contribution in [1.29, 1.82) is 0 Å². The van der Waals surface area contributed by atoms with E-state index < -0.39 is 33.9 Å². The molecule has 2 amide bonds. The molecule has 11 nitrogen and oxygen atoms in total. The molecule has 0 aliphatic carbocycles. The molecule has 184 valence electrons. The number of carbonyl (C=O) groups is 3. The Balaban J connectivity index is 0.00000122. The number of rotatable bonds is 2. The van der Waals surface area contributed by atoms with Gasteiger partial charge in [0.2, 0.25) is 5.91 Å². The average Bonchev–Trinajstić information content (AvgIpc) is 2.97. The lowest BCUT2D eigenvalue weighted by molar-refractivity contribution is -0.125. The second-order valence-electron chi connectivity index (χ2n) is 7.79. The van der Waals surface area contributed by atoms with Crippen LogP contribution in [0.15, 0.2) is 18.2 Å². The smallest absolute Gasteiger partial charge is 0.290 e. The molecule has 3 N–H and O–H groups in total. The van der Waals surface area contributed by atoms with Crippen LogP contribution in [0, 0.1) is 11.7 Å². The van der Waals surface area contributed by atoms with Crippen LogP contribution in [0.3, 0.4) is 0 Å². The summed E-state index contributed by atoms with van der Waals surface area (Å²) in [5, 5.41) is 12.5. The summed E-state index contributed by atoms with van der Waals surface area (Å²) in [6, 6.07) is 3.16. The molecule has 1 aromatic rings. The van der Waals surface area contributed by atoms with Crippen molar-refractivity contribution < 1.29 is 37.0 Å². The summed E-state index contributed by atoms with van der Waals surface area (Å²) in [5.74, 6) is -1.63. The highest BCUT2D eigenvalue weighted by Gasteiger charge is 2.36. The Kier molecular flexibility index (Phi) is 9.56. The number of carboxylic acid groups (broad SMARTS) is 1. The van der Waals surface area contributed by atoms with E-state index in [1.54, 1.807) is 0 Å². The molecule has 0 saturated carbocycles. The molecule has 13 heteroatoms. The van der Waals surface area contributed by atoms with Crippen molar-refractivity contribution in [2.45, 2.75) is 25.3 Å². The number of hydrogen-bond acceptors (Lipinski definition) is 6. The zero-order chi connectivity index (χ0) is 24.6. The van der Waals surface area contributed by atoms with Crippen molar-refractivity contribution in [3.8, 4) is 5.75 Å². The van der Waals surface area contributed by atoms with E-state index in [2.05, 4.69) is 10.6 Å². The molecular weight excluding hydrogens is 459 g/mol. The van der Waals surface area contributed by atoms with Crippen LogP contribution in [0.1, 0.15) is 29.6 Å². The van der Waals surface area contributed by atoms with Gasteiger partial charge in [0.15, 0.2) is 0 Å². The van der Waals surface area contributed by atoms with E-state index in [4.69, 9.17) is 14.6 Å². The van der Waals surface area contributed by atoms with Gasteiger partial charge in [-0.05, 0) is 37.5 Å². The van der Waals surface area contributed by atoms with Crippen LogP contribution in [0.5, 0.6) is 5.75 Å². The highest BCUT2D eigenvalue weighted by Crippen LogP contribution is 2.24. The Bertz CT molecular complexity index is 958. The van der Waals surface area contributed by atoms with Gasteiger partial charge in [-0.1, -0.05) is 0 Å². The zero-order valence-electron chi connectivity index (χ0n) is 18.5. The Hall–Kier alpha value is -2.77. The van der Waals surface area contributed by atoms with Crippen molar-refractivity contribution >= 4 is 28.5 Å². The van der Waals surface area contributed by atoms with Gasteiger partial charge in [-0.3, -0.25) is 14.4 Å². The van der Waals surface area contributed by atoms with E-state index in [1.807, 2.05) is 0 Å². The van der Waals surface area contributed by atoms with Gasteiger partial charge in [0.05, 0.1) is 18.1 Å². The summed E-state index contributed by atoms with van der Waals surface area (Å²) in [5.41, 5.74) is 0.0545. The molecule has 0 unspecified atom stereocenters. The van der Waals surface area contributed by atoms with Crippen molar-refractivity contribution in [2.24, 2.45) is 5.92 Å². The molecule has 2 atom stereocenters. The zero-order valence-corrected chi connectivity index (χ0v) is 19.3. The largest absolute Gasteiger partial charge is 0.493 e. The third kappa shape index (κ3) is 7.11. The maximum absolute atomic E-state index is 13.8. The number of nitrogens with one attached hydrogen (secondary N) is 2. The van der Waals surface area contributed by atoms with Gasteiger partial charge in [0, 0.05) is 39.8 Å². The minimum Gasteiger partial charge on any atom is -0.493 e. The lowest BCUT2D eigenvalue weighted by Crippen LogP contribution is -2.49. The Morgan fingerprint density at radius 1 is 1.24 bits per heavy atom. The van der Waals surface area contributed by atoms with Crippen LogP contribution in [-0.2, 0) is 19.8 Å². The number of fused-ring (bicyclic) bond motifs is 4. The van der Waals surface area contributed by atoms with Gasteiger partial charge in [0.1, 0.15) is 11.6 Å². The van der Waals surface area contributed by atoms with E-state index in [-0.39, 0.29) is 43.4 Å². The van der Waals surface area contributed by atoms with Crippen LogP contribution in [0.4, 0.5) is 4.39 Å². The monoisotopic (exact) mass is 488 g/mol. The van der Waals surface area contributed by atoms with E-state index in [0.717, 1.165) is 10.4 Å². The molecule has 1 fully saturated rings. The fourth-order valence-corrected chi connectivity index (χ4v) is 4.78. The second kappa shape index (κ2) is 11.9. The van der Waals surface area contributed by atoms with E-state index in [1.165, 1.54) is 30.5 Å². The Morgan fingerprint density at radius 3 is 2.61 bits per heavy atom. The fraction of sp³-hybridized carbons (Fsp3) is 0.550. The number of halogens is 1. The Morgan fingerprint density at radius 2 is 1.94 bits per heavy atom. The SMILES string of the molecule is CN(C)S(=O)(=O)N1C[C@H]2CC[C@@H](C1)C(=O)NCCCOc1ccc(F)cc1C(=O)N2.O=CO. The fourth-order valence-electron chi connectivity index (χ4n) is 3.58. The topological polar surface area (TPSA) is 145 Å². The van der Waals surface area contributed by atoms with Crippen molar-refractivity contribution in [1.82, 2.24) is 19.2 Å². The molecular formula is C20H29FN4O7S. The summed E-state index contributed by atoms with van der Waals surface area (Å²) in [4.78, 5) is 33.8. The predicted octanol–water partition coefficient (Wildman–Crippen LogP) is 0.0420. The van der Waals surface area contributed by atoms with E-state index >= 15 is 0 Å². The van der Waals surface area contributed by atoms with Crippen LogP contribution < -0.4 is 15.4 Å². The van der Waals surface area contributed by atoms with Crippen LogP contribution in [-0.4, -0.2) is 86.8 Å². The number of nitrogens with zero attached hydrogens (tertiary/aromatic N) is 2. The first-order chi connectivity index (χ1) is 15.6. The van der Waals surface area contributed by atoms with Gasteiger partial charge < -0.3 is 20.5 Å². The number of carbonyl (C=O) groups excluding carboxylic acids is 2. The molecule has 0 spiro atoms. The van der Waals surface area contributed by atoms with Gasteiger partial charge in [-0.15, -0.1) is 0 Å². The number of benzene rings is 1. The standard InChI is InChI=1S/C19H27FN4O5S.CH2O2/c1-23(2)30(27,28)24-11-13-4-6-15(12-24)22-19(26)16-10-14(20)5-7-17(16)29-9-3-8-21-18(13)25;2-1-3/h5,7,10,13,15H,3-4,6,8-9,11-12H2,1-2H3,(H,21,25)(H,22,26);1H,(H,2,3)/t13-,15+;/m0./s1. The molecule has 3 rings (SSSR count). The van der Waals surface area contributed by atoms with Gasteiger partial charge in [0.25, 0.3) is 22.6 Å². The maximum atomic E-state index is 13.8. The highest BCUT2D eigenvalue weighted by atomic mass is 32.2. The van der Waals surface area contributed by atoms with Gasteiger partial charge in [-0.25, -0.2) is 4.39 Å². The molecule has 2 bridgehead atoms. The lowest BCUT2D eigenvalue weighted by atomic mass is 10.0. The molecule has 0 aromatic heterocycles. The molecule has 0 radical (unpaired) electrons. The van der Waals surface area contributed by atoms with Gasteiger partial charge >= 0.3 is 0 Å². The Labute approximate surface area is 192 Å². The lowest BCUT2D eigenvalue weighted by Gasteiger charge is -2.28. The van der Waals surface area contributed by atoms with Crippen LogP contribution in [0.2, 0.25) is 0 Å². The number of amides is 2. The quantitative estimate of drug-likeness (QED) is 0.499. The molecule has 1 aromatic carbocycles. The van der Waals surface area contributed by atoms with Crippen molar-refractivity contribution in [3.05, 3.63) is 29.6 Å². The summed E-state index contributed by atoms with van der Waals surface area (Å²) in [6.07, 6.45) is 1.32. The first-order valence-electron chi connectivity index (χ1n) is 10.4. The van der Waals surface area contributed by atoms with Gasteiger partial charge in [-0.2, -0.15) is 17.0 Å². The minimum absolute atomic E-state index is 0.0154. The normalized spacial score (nSPS) is 22.4. The predicted molar refractivity (Wildman–Crippen MR) is 116 cm³/mol. The maximum Gasteiger partial charge on any atom is 0.290 e. The molecule has 2 aliphatic rings. The number of ether oxygens (including phenoxy) is 1. The molecule has 33 heavy (non-hydrogen) atoms. The molecule has 2 heterocycles. The summed E-state index contributed by atoms with van der Waals surface area (Å²) >= 11 is 0. The second-order valence-corrected chi connectivity index (χ2v) is 9.93. The highest BCUT2D eigenvalue weighted by molar-refractivity contribution is 7.86. The van der Waals surface area contributed by atoms with E-state index in [9.17, 15) is 22.4 Å². The van der Waals surface area contributed by atoms with Crippen molar-refractivity contribution in [3.63, 3.8) is 0 Å². The van der Waals surface area contributed by atoms with Crippen LogP contribution >= 0.6 is 0 Å². The minimum atomic E-state index is -3.80. The third-order valence-corrected chi connectivity index (χ3v) is 7.14. The summed E-state index contributed by atoms with van der Waals surface area (Å²) in [6.45, 7) is 0.380. The van der Waals surface area contributed by atoms with Crippen LogP contribution in [0.25, 0.3) is 0 Å². The summed E-state index contributed by atoms with van der Waals surface area (Å²) < 4.78 is 47.2. The summed E-state index contributed by atoms with van der Waals surface area (Å²) in [7, 11) is -0.959. The van der Waals surface area contributed by atoms with E-state index in [0.29, 0.717) is 25.8 Å². The first-order valence-corrected chi connectivity index (χ1v) is 11.8. The molecule has 2 aliphatic heterocycles.